The van der Waals surface area contributed by atoms with Gasteiger partial charge in [-0.1, -0.05) is 137 Å². The van der Waals surface area contributed by atoms with Crippen molar-refractivity contribution >= 4 is 15.9 Å². The molecule has 0 aliphatic carbocycles. The average Bonchev–Trinajstić information content (AvgIpc) is 3.06. The summed E-state index contributed by atoms with van der Waals surface area (Å²) in [6, 6.07) is 42.9. The van der Waals surface area contributed by atoms with Crippen LogP contribution in [0, 0.1) is 0 Å². The molecular weight excluding hydrogens is 628 g/mol. The van der Waals surface area contributed by atoms with Gasteiger partial charge in [-0.05, 0) is 22.3 Å². The van der Waals surface area contributed by atoms with E-state index in [4.69, 9.17) is 9.47 Å². The molecule has 6 nitrogen and oxygen atoms in total. The molecule has 0 atom stereocenters. The minimum absolute atomic E-state index is 0.167. The first kappa shape index (κ1) is 35.0. The second-order valence-corrected chi connectivity index (χ2v) is 12.0. The third-order valence-corrected chi connectivity index (χ3v) is 8.20. The predicted octanol–water partition coefficient (Wildman–Crippen LogP) is 6.60. The first-order valence-corrected chi connectivity index (χ1v) is 16.8. The molecule has 0 aromatic heterocycles. The highest BCUT2D eigenvalue weighted by atomic mass is 79.9. The Morgan fingerprint density at radius 2 is 0.933 bits per heavy atom. The van der Waals surface area contributed by atoms with Crippen molar-refractivity contribution in [3.8, 4) is 0 Å². The van der Waals surface area contributed by atoms with E-state index < -0.39 is 0 Å². The highest BCUT2D eigenvalue weighted by Gasteiger charge is 2.34. The number of β-amino-alcohol motifs (C(OH)–C–C–N with tert-alkyl or cyclic N) is 1. The van der Waals surface area contributed by atoms with Crippen molar-refractivity contribution in [3.05, 3.63) is 144 Å². The van der Waals surface area contributed by atoms with E-state index >= 15 is 0 Å². The van der Waals surface area contributed by atoms with Gasteiger partial charge in [-0.25, -0.2) is 0 Å². The Hall–Kier alpha value is -2.88. The molecule has 4 aromatic rings. The summed E-state index contributed by atoms with van der Waals surface area (Å²) in [5, 5.41) is 10.5. The second kappa shape index (κ2) is 19.6. The fourth-order valence-corrected chi connectivity index (χ4v) is 5.95. The van der Waals surface area contributed by atoms with Crippen LogP contribution in [0.4, 0.5) is 0 Å². The number of rotatable bonds is 12. The molecule has 240 valence electrons. The van der Waals surface area contributed by atoms with Crippen LogP contribution in [-0.4, -0.2) is 92.7 Å². The van der Waals surface area contributed by atoms with Gasteiger partial charge >= 0.3 is 0 Å². The smallest absolute Gasteiger partial charge is 0.0830 e. The van der Waals surface area contributed by atoms with Crippen LogP contribution in [-0.2, 0) is 14.2 Å². The number of aliphatic hydroxyl groups excluding tert-OH is 1. The van der Waals surface area contributed by atoms with Gasteiger partial charge in [0, 0.05) is 45.7 Å². The van der Waals surface area contributed by atoms with Crippen LogP contribution in [0.3, 0.4) is 0 Å². The van der Waals surface area contributed by atoms with E-state index in [-0.39, 0.29) is 12.1 Å². The monoisotopic (exact) mass is 674 g/mol. The van der Waals surface area contributed by atoms with Gasteiger partial charge in [-0.2, -0.15) is 0 Å². The van der Waals surface area contributed by atoms with Crippen LogP contribution in [0.15, 0.2) is 121 Å². The Morgan fingerprint density at radius 3 is 1.22 bits per heavy atom. The summed E-state index contributed by atoms with van der Waals surface area (Å²) < 4.78 is 15.5. The summed E-state index contributed by atoms with van der Waals surface area (Å²) >= 11 is 3.18. The Balaban J connectivity index is 0.000000181. The number of likely N-dealkylation sites (tertiary alicyclic amines) is 2. The number of halogens is 1. The molecule has 2 aliphatic heterocycles. The largest absolute Gasteiger partial charge is 0.390 e. The van der Waals surface area contributed by atoms with E-state index in [1.54, 1.807) is 14.2 Å². The van der Waals surface area contributed by atoms with Crippen molar-refractivity contribution in [2.75, 3.05) is 65.5 Å². The first-order chi connectivity index (χ1) is 22.1. The topological polar surface area (TPSA) is 54.4 Å². The summed E-state index contributed by atoms with van der Waals surface area (Å²) in [6.07, 6.45) is 0.157. The van der Waals surface area contributed by atoms with Gasteiger partial charge in [0.15, 0.2) is 0 Å². The van der Waals surface area contributed by atoms with E-state index in [0.29, 0.717) is 25.4 Å². The molecule has 4 aromatic carbocycles. The van der Waals surface area contributed by atoms with Gasteiger partial charge in [0.05, 0.1) is 44.1 Å². The van der Waals surface area contributed by atoms with Crippen molar-refractivity contribution < 1.29 is 19.3 Å². The van der Waals surface area contributed by atoms with Crippen molar-refractivity contribution in [2.45, 2.75) is 24.3 Å². The molecule has 2 saturated heterocycles. The molecule has 0 amide bonds. The van der Waals surface area contributed by atoms with Crippen LogP contribution in [0.25, 0.3) is 0 Å². The van der Waals surface area contributed by atoms with Gasteiger partial charge in [0.1, 0.15) is 0 Å². The molecule has 6 rings (SSSR count). The molecule has 0 spiro atoms. The zero-order valence-electron chi connectivity index (χ0n) is 26.5. The van der Waals surface area contributed by atoms with Gasteiger partial charge in [0.25, 0.3) is 0 Å². The lowest BCUT2D eigenvalue weighted by molar-refractivity contribution is -0.0773. The van der Waals surface area contributed by atoms with E-state index in [0.717, 1.165) is 38.1 Å². The third kappa shape index (κ3) is 10.9. The zero-order chi connectivity index (χ0) is 31.7. The van der Waals surface area contributed by atoms with Crippen molar-refractivity contribution in [3.63, 3.8) is 0 Å². The highest BCUT2D eigenvalue weighted by molar-refractivity contribution is 9.09. The lowest BCUT2D eigenvalue weighted by Crippen LogP contribution is -2.53. The molecule has 7 heteroatoms. The minimum atomic E-state index is -0.167. The molecular formula is C38H47BrN2O4. The van der Waals surface area contributed by atoms with Gasteiger partial charge in [-0.15, -0.1) is 0 Å². The summed E-state index contributed by atoms with van der Waals surface area (Å²) in [5.74, 6) is 0. The number of alkyl halides is 1. The average molecular weight is 676 g/mol. The maximum absolute atomic E-state index is 9.52. The number of nitrogens with zero attached hydrogens (tertiary/aromatic N) is 2. The van der Waals surface area contributed by atoms with Crippen LogP contribution in [0.1, 0.15) is 34.3 Å². The lowest BCUT2D eigenvalue weighted by atomic mass is 9.94. The Kier molecular flexibility index (Phi) is 15.2. The number of methoxy groups -OCH3 is 2. The minimum Gasteiger partial charge on any atom is -0.390 e. The molecule has 45 heavy (non-hydrogen) atoms. The van der Waals surface area contributed by atoms with Crippen LogP contribution in [0.2, 0.25) is 0 Å². The van der Waals surface area contributed by atoms with Crippen molar-refractivity contribution in [1.29, 1.82) is 0 Å². The summed E-state index contributed by atoms with van der Waals surface area (Å²) in [5.41, 5.74) is 5.25. The molecule has 2 aliphatic rings. The number of ether oxygens (including phenoxy) is 3. The van der Waals surface area contributed by atoms with Crippen LogP contribution < -0.4 is 0 Å². The number of hydrogen-bond acceptors (Lipinski definition) is 6. The summed E-state index contributed by atoms with van der Waals surface area (Å²) in [7, 11) is 3.39. The van der Waals surface area contributed by atoms with E-state index in [2.05, 4.69) is 140 Å². The number of aliphatic hydroxyl groups is 1. The normalized spacial score (nSPS) is 15.4. The number of hydrogen-bond donors (Lipinski definition) is 1. The van der Waals surface area contributed by atoms with E-state index in [1.807, 2.05) is 12.1 Å². The fraction of sp³-hybridized carbons (Fsp3) is 0.368. The molecule has 2 heterocycles. The predicted molar refractivity (Wildman–Crippen MR) is 186 cm³/mol. The quantitative estimate of drug-likeness (QED) is 0.135. The molecule has 1 N–H and O–H groups in total. The molecule has 0 bridgehead atoms. The standard InChI is InChI=1S/C19H23NO2.C16H17NO.C3H7BrO/c1-21-12-13-22-18-14-20(15-18)19(16-8-4-2-5-9-16)17-10-6-3-7-11-17;18-15-11-17(12-15)16(13-7-3-1-4-8-13)14-9-5-2-6-10-14;1-5-3-2-4/h2-11,18-19H,12-15H2,1H3;1-10,15-16,18H,11-12H2;2-3H2,1H3. The molecule has 0 unspecified atom stereocenters. The molecule has 2 fully saturated rings. The Morgan fingerprint density at radius 1 is 0.578 bits per heavy atom. The maximum Gasteiger partial charge on any atom is 0.0830 e. The fourth-order valence-electron chi connectivity index (χ4n) is 5.63. The summed E-state index contributed by atoms with van der Waals surface area (Å²) in [6.45, 7) is 5.60. The highest BCUT2D eigenvalue weighted by Crippen LogP contribution is 2.33. The van der Waals surface area contributed by atoms with Gasteiger partial charge < -0.3 is 19.3 Å². The SMILES string of the molecule is COCCBr.COCCOC1CN(C(c2ccccc2)c2ccccc2)C1.OC1CN(C(c2ccccc2)c2ccccc2)C1. The maximum atomic E-state index is 9.52. The first-order valence-electron chi connectivity index (χ1n) is 15.7. The Labute approximate surface area is 277 Å². The lowest BCUT2D eigenvalue weighted by Gasteiger charge is -2.44. The zero-order valence-corrected chi connectivity index (χ0v) is 28.0. The van der Waals surface area contributed by atoms with Crippen molar-refractivity contribution in [2.24, 2.45) is 0 Å². The third-order valence-electron chi connectivity index (χ3n) is 7.88. The molecule has 0 radical (unpaired) electrons. The van der Waals surface area contributed by atoms with Crippen molar-refractivity contribution in [1.82, 2.24) is 9.80 Å². The van der Waals surface area contributed by atoms with E-state index in [9.17, 15) is 5.11 Å². The summed E-state index contributed by atoms with van der Waals surface area (Å²) in [4.78, 5) is 4.79. The van der Waals surface area contributed by atoms with Crippen LogP contribution in [0.5, 0.6) is 0 Å². The van der Waals surface area contributed by atoms with E-state index in [1.165, 1.54) is 22.3 Å². The van der Waals surface area contributed by atoms with Gasteiger partial charge in [0.2, 0.25) is 0 Å². The molecule has 0 saturated carbocycles. The number of benzene rings is 4. The van der Waals surface area contributed by atoms with Gasteiger partial charge in [-0.3, -0.25) is 9.80 Å². The Bertz CT molecular complexity index is 1220. The second-order valence-electron chi connectivity index (χ2n) is 11.2. The van der Waals surface area contributed by atoms with Crippen LogP contribution >= 0.6 is 15.9 Å².